The van der Waals surface area contributed by atoms with Crippen molar-refractivity contribution in [3.05, 3.63) is 24.3 Å². The van der Waals surface area contributed by atoms with Gasteiger partial charge in [-0.25, -0.2) is 0 Å². The van der Waals surface area contributed by atoms with Gasteiger partial charge in [0.25, 0.3) is 0 Å². The summed E-state index contributed by atoms with van der Waals surface area (Å²) in [5, 5.41) is 10.1. The van der Waals surface area contributed by atoms with Gasteiger partial charge < -0.3 is 10.8 Å². The minimum absolute atomic E-state index is 0.180. The molecular formula is C9H15N3O. The fourth-order valence-corrected chi connectivity index (χ4v) is 1.29. The van der Waals surface area contributed by atoms with Crippen molar-refractivity contribution in [3.8, 4) is 0 Å². The van der Waals surface area contributed by atoms with Crippen LogP contribution in [-0.4, -0.2) is 21.6 Å². The van der Waals surface area contributed by atoms with Crippen LogP contribution in [0.3, 0.4) is 0 Å². The average Bonchev–Trinajstić information content (AvgIpc) is 2.19. The number of hydrogen-bond donors (Lipinski definition) is 2. The fourth-order valence-electron chi connectivity index (χ4n) is 1.29. The highest BCUT2D eigenvalue weighted by molar-refractivity contribution is 5.08. The van der Waals surface area contributed by atoms with Crippen molar-refractivity contribution >= 4 is 0 Å². The first-order valence-corrected chi connectivity index (χ1v) is 4.42. The van der Waals surface area contributed by atoms with Gasteiger partial charge in [0.2, 0.25) is 0 Å². The Labute approximate surface area is 77.8 Å². The molecule has 4 heteroatoms. The summed E-state index contributed by atoms with van der Waals surface area (Å²) in [5.41, 5.74) is 5.05. The number of hydrogen-bond acceptors (Lipinski definition) is 4. The van der Waals surface area contributed by atoms with Gasteiger partial charge in [0.05, 0.1) is 11.9 Å². The van der Waals surface area contributed by atoms with Gasteiger partial charge in [-0.2, -0.15) is 0 Å². The van der Waals surface area contributed by atoms with E-state index in [4.69, 9.17) is 5.73 Å². The lowest BCUT2D eigenvalue weighted by Gasteiger charge is -2.24. The summed E-state index contributed by atoms with van der Waals surface area (Å²) in [7, 11) is 0. The molecule has 0 saturated heterocycles. The predicted octanol–water partition coefficient (Wildman–Crippen LogP) is 0.423. The first kappa shape index (κ1) is 10.1. The van der Waals surface area contributed by atoms with E-state index in [2.05, 4.69) is 9.97 Å². The third-order valence-electron chi connectivity index (χ3n) is 2.04. The average molecular weight is 181 g/mol. The van der Waals surface area contributed by atoms with Gasteiger partial charge in [-0.1, -0.05) is 13.3 Å². The molecule has 0 aliphatic heterocycles. The summed E-state index contributed by atoms with van der Waals surface area (Å²) >= 11 is 0. The first-order chi connectivity index (χ1) is 6.23. The molecule has 1 unspecified atom stereocenters. The van der Waals surface area contributed by atoms with E-state index in [9.17, 15) is 5.11 Å². The van der Waals surface area contributed by atoms with Crippen LogP contribution in [0.4, 0.5) is 0 Å². The van der Waals surface area contributed by atoms with E-state index in [0.717, 1.165) is 6.42 Å². The lowest BCUT2D eigenvalue weighted by Crippen LogP contribution is -2.35. The Morgan fingerprint density at radius 1 is 1.54 bits per heavy atom. The van der Waals surface area contributed by atoms with Crippen LogP contribution < -0.4 is 5.73 Å². The number of aromatic nitrogens is 2. The maximum absolute atomic E-state index is 10.1. The van der Waals surface area contributed by atoms with Crippen molar-refractivity contribution in [3.63, 3.8) is 0 Å². The molecule has 0 fully saturated rings. The molecule has 0 bridgehead atoms. The van der Waals surface area contributed by atoms with Crippen LogP contribution in [0.2, 0.25) is 0 Å². The SMILES string of the molecule is CCCC(O)(CN)c1cnccn1. The molecule has 1 heterocycles. The monoisotopic (exact) mass is 181 g/mol. The number of rotatable bonds is 4. The Morgan fingerprint density at radius 3 is 2.77 bits per heavy atom. The van der Waals surface area contributed by atoms with Crippen molar-refractivity contribution in [1.29, 1.82) is 0 Å². The van der Waals surface area contributed by atoms with E-state index in [-0.39, 0.29) is 6.54 Å². The van der Waals surface area contributed by atoms with Crippen LogP contribution in [0.1, 0.15) is 25.5 Å². The molecule has 0 aliphatic carbocycles. The van der Waals surface area contributed by atoms with Gasteiger partial charge >= 0.3 is 0 Å². The third-order valence-corrected chi connectivity index (χ3v) is 2.04. The minimum Gasteiger partial charge on any atom is -0.382 e. The highest BCUT2D eigenvalue weighted by Crippen LogP contribution is 2.22. The number of aliphatic hydroxyl groups is 1. The van der Waals surface area contributed by atoms with Crippen LogP contribution in [0.15, 0.2) is 18.6 Å². The minimum atomic E-state index is -1.01. The van der Waals surface area contributed by atoms with Gasteiger partial charge in [0.1, 0.15) is 5.60 Å². The topological polar surface area (TPSA) is 72.0 Å². The summed E-state index contributed by atoms with van der Waals surface area (Å²) in [4.78, 5) is 7.95. The number of nitrogens with two attached hydrogens (primary N) is 1. The molecule has 1 atom stereocenters. The smallest absolute Gasteiger partial charge is 0.120 e. The van der Waals surface area contributed by atoms with Crippen molar-refractivity contribution in [1.82, 2.24) is 9.97 Å². The van der Waals surface area contributed by atoms with Gasteiger partial charge in [-0.15, -0.1) is 0 Å². The van der Waals surface area contributed by atoms with E-state index in [1.54, 1.807) is 18.6 Å². The zero-order valence-corrected chi connectivity index (χ0v) is 7.77. The van der Waals surface area contributed by atoms with Crippen LogP contribution in [0, 0.1) is 0 Å². The highest BCUT2D eigenvalue weighted by Gasteiger charge is 2.27. The van der Waals surface area contributed by atoms with Crippen molar-refractivity contribution in [2.24, 2.45) is 5.73 Å². The summed E-state index contributed by atoms with van der Waals surface area (Å²) < 4.78 is 0. The first-order valence-electron chi connectivity index (χ1n) is 4.42. The normalized spacial score (nSPS) is 15.3. The van der Waals surface area contributed by atoms with Crippen LogP contribution in [0.5, 0.6) is 0 Å². The summed E-state index contributed by atoms with van der Waals surface area (Å²) in [5.74, 6) is 0. The molecule has 1 aromatic heterocycles. The largest absolute Gasteiger partial charge is 0.382 e. The van der Waals surface area contributed by atoms with E-state index in [1.165, 1.54) is 0 Å². The molecule has 1 rings (SSSR count). The molecule has 72 valence electrons. The molecule has 0 spiro atoms. The van der Waals surface area contributed by atoms with Gasteiger partial charge in [-0.05, 0) is 6.42 Å². The zero-order valence-electron chi connectivity index (χ0n) is 7.77. The Morgan fingerprint density at radius 2 is 2.31 bits per heavy atom. The van der Waals surface area contributed by atoms with E-state index >= 15 is 0 Å². The van der Waals surface area contributed by atoms with Crippen molar-refractivity contribution in [2.45, 2.75) is 25.4 Å². The Balaban J connectivity index is 2.89. The lowest BCUT2D eigenvalue weighted by molar-refractivity contribution is 0.0312. The maximum Gasteiger partial charge on any atom is 0.120 e. The standard InChI is InChI=1S/C9H15N3O/c1-2-3-9(13,7-10)8-6-11-4-5-12-8/h4-6,13H,2-3,7,10H2,1H3. The van der Waals surface area contributed by atoms with Crippen LogP contribution in [0.25, 0.3) is 0 Å². The summed E-state index contributed by atoms with van der Waals surface area (Å²) in [6.07, 6.45) is 6.17. The van der Waals surface area contributed by atoms with Gasteiger partial charge in [0, 0.05) is 18.9 Å². The van der Waals surface area contributed by atoms with E-state index < -0.39 is 5.60 Å². The maximum atomic E-state index is 10.1. The molecule has 1 aromatic rings. The molecule has 13 heavy (non-hydrogen) atoms. The fraction of sp³-hybridized carbons (Fsp3) is 0.556. The Hall–Kier alpha value is -1.00. The van der Waals surface area contributed by atoms with Crippen molar-refractivity contribution in [2.75, 3.05) is 6.54 Å². The van der Waals surface area contributed by atoms with Crippen LogP contribution >= 0.6 is 0 Å². The Kier molecular flexibility index (Phi) is 3.33. The molecule has 0 aromatic carbocycles. The molecule has 0 aliphatic rings. The quantitative estimate of drug-likeness (QED) is 0.706. The zero-order chi connectivity index (χ0) is 9.73. The van der Waals surface area contributed by atoms with E-state index in [1.807, 2.05) is 6.92 Å². The second kappa shape index (κ2) is 4.30. The second-order valence-electron chi connectivity index (χ2n) is 3.08. The molecule has 0 radical (unpaired) electrons. The predicted molar refractivity (Wildman–Crippen MR) is 49.9 cm³/mol. The van der Waals surface area contributed by atoms with Crippen molar-refractivity contribution < 1.29 is 5.11 Å². The molecule has 0 saturated carbocycles. The summed E-state index contributed by atoms with van der Waals surface area (Å²) in [6.45, 7) is 2.18. The summed E-state index contributed by atoms with van der Waals surface area (Å²) in [6, 6.07) is 0. The molecule has 0 amide bonds. The van der Waals surface area contributed by atoms with Gasteiger partial charge in [0.15, 0.2) is 0 Å². The Bertz CT molecular complexity index is 252. The number of nitrogens with zero attached hydrogens (tertiary/aromatic N) is 2. The molecule has 3 N–H and O–H groups in total. The van der Waals surface area contributed by atoms with Crippen LogP contribution in [-0.2, 0) is 5.60 Å². The molecular weight excluding hydrogens is 166 g/mol. The second-order valence-corrected chi connectivity index (χ2v) is 3.08. The van der Waals surface area contributed by atoms with E-state index in [0.29, 0.717) is 12.1 Å². The highest BCUT2D eigenvalue weighted by atomic mass is 16.3. The lowest BCUT2D eigenvalue weighted by atomic mass is 9.95. The molecule has 4 nitrogen and oxygen atoms in total. The van der Waals surface area contributed by atoms with Gasteiger partial charge in [-0.3, -0.25) is 9.97 Å². The third kappa shape index (κ3) is 2.23.